The highest BCUT2D eigenvalue weighted by Crippen LogP contribution is 2.31. The average Bonchev–Trinajstić information content (AvgIpc) is 2.76. The molecule has 14 heteroatoms. The van der Waals surface area contributed by atoms with Crippen molar-refractivity contribution in [2.75, 3.05) is 19.7 Å². The zero-order chi connectivity index (χ0) is 25.2. The van der Waals surface area contributed by atoms with Crippen LogP contribution in [0.5, 0.6) is 5.88 Å². The molecule has 34 heavy (non-hydrogen) atoms. The first-order valence-electron chi connectivity index (χ1n) is 9.72. The highest BCUT2D eigenvalue weighted by Gasteiger charge is 2.33. The van der Waals surface area contributed by atoms with Gasteiger partial charge in [-0.05, 0) is 19.1 Å². The van der Waals surface area contributed by atoms with Crippen LogP contribution in [0.1, 0.15) is 24.1 Å². The van der Waals surface area contributed by atoms with Gasteiger partial charge in [0, 0.05) is 30.4 Å². The predicted molar refractivity (Wildman–Crippen MR) is 107 cm³/mol. The molecule has 0 bridgehead atoms. The van der Waals surface area contributed by atoms with Crippen LogP contribution in [0.4, 0.5) is 31.1 Å². The third-order valence-electron chi connectivity index (χ3n) is 4.94. The second kappa shape index (κ2) is 9.95. The van der Waals surface area contributed by atoms with Gasteiger partial charge in [0.05, 0.1) is 6.04 Å². The van der Waals surface area contributed by atoms with Crippen LogP contribution in [-0.2, 0) is 4.79 Å². The third-order valence-corrected chi connectivity index (χ3v) is 5.28. The molecule has 0 radical (unpaired) electrons. The topological polar surface area (TPSA) is 83.6 Å². The number of halogens is 7. The minimum absolute atomic E-state index is 0.106. The lowest BCUT2D eigenvalue weighted by atomic mass is 9.99. The zero-order valence-electron chi connectivity index (χ0n) is 17.4. The normalized spacial score (nSPS) is 17.2. The molecule has 1 aliphatic rings. The fourth-order valence-electron chi connectivity index (χ4n) is 3.23. The van der Waals surface area contributed by atoms with Crippen molar-refractivity contribution in [3.63, 3.8) is 0 Å². The van der Waals surface area contributed by atoms with E-state index in [0.717, 1.165) is 23.2 Å². The lowest BCUT2D eigenvalue weighted by molar-refractivity contribution is -0.154. The van der Waals surface area contributed by atoms with Crippen LogP contribution >= 0.6 is 11.6 Å². The van der Waals surface area contributed by atoms with Gasteiger partial charge in [-0.15, -0.1) is 0 Å². The molecule has 0 aliphatic carbocycles. The minimum Gasteiger partial charge on any atom is -0.466 e. The summed E-state index contributed by atoms with van der Waals surface area (Å²) in [4.78, 5) is 29.4. The summed E-state index contributed by atoms with van der Waals surface area (Å²) in [5, 5.41) is 4.09. The quantitative estimate of drug-likeness (QED) is 0.474. The number of ether oxygens (including phenoxy) is 1. The molecule has 1 saturated heterocycles. The Kier molecular flexibility index (Phi) is 7.44. The molecule has 0 unspecified atom stereocenters. The summed E-state index contributed by atoms with van der Waals surface area (Å²) in [6.45, 7) is -0.0889. The summed E-state index contributed by atoms with van der Waals surface area (Å²) < 4.78 is 84.3. The van der Waals surface area contributed by atoms with Gasteiger partial charge in [-0.1, -0.05) is 17.7 Å². The molecular formula is C20H17ClF6N4O3. The first-order chi connectivity index (χ1) is 15.9. The summed E-state index contributed by atoms with van der Waals surface area (Å²) in [5.74, 6) is -5.07. The van der Waals surface area contributed by atoms with E-state index < -0.39 is 65.2 Å². The van der Waals surface area contributed by atoms with Gasteiger partial charge in [-0.3, -0.25) is 4.79 Å². The molecular weight excluding hydrogens is 494 g/mol. The summed E-state index contributed by atoms with van der Waals surface area (Å²) in [6.07, 6.45) is -3.88. The maximum atomic E-state index is 14.8. The molecule has 184 valence electrons. The number of nitrogens with one attached hydrogen (secondary N) is 2. The van der Waals surface area contributed by atoms with Crippen LogP contribution in [0.3, 0.4) is 0 Å². The molecule has 1 aromatic carbocycles. The van der Waals surface area contributed by atoms with Gasteiger partial charge in [-0.25, -0.2) is 22.9 Å². The number of hydrogen-bond acceptors (Lipinski definition) is 4. The number of urea groups is 1. The molecule has 1 aliphatic heterocycles. The Balaban J connectivity index is 1.97. The van der Waals surface area contributed by atoms with Gasteiger partial charge >= 0.3 is 12.2 Å². The standard InChI is InChI=1S/C20H17ClF6N4O3/c1-9-17(32)28-4-5-31(9)19(33)30-16(11-2-3-12(22)14(21)15(11)24)10-6-13(23)18(29-7-10)34-8-20(25,26)27/h2-3,6-7,9,16H,4-5,8H2,1H3,(H,28,32)(H,30,33)/t9-,16-/m1/s1. The Morgan fingerprint density at radius 3 is 2.68 bits per heavy atom. The number of nitrogens with zero attached hydrogens (tertiary/aromatic N) is 2. The van der Waals surface area contributed by atoms with Crippen molar-refractivity contribution in [2.45, 2.75) is 25.2 Å². The molecule has 7 nitrogen and oxygen atoms in total. The number of carbonyl (C=O) groups excluding carboxylic acids is 2. The number of pyridine rings is 1. The van der Waals surface area contributed by atoms with E-state index in [0.29, 0.717) is 6.07 Å². The van der Waals surface area contributed by atoms with E-state index in [1.807, 2.05) is 0 Å². The van der Waals surface area contributed by atoms with Gasteiger partial charge in [-0.2, -0.15) is 13.2 Å². The summed E-state index contributed by atoms with van der Waals surface area (Å²) in [6, 6.07) is -0.760. The number of amides is 3. The number of benzene rings is 1. The highest BCUT2D eigenvalue weighted by atomic mass is 35.5. The first-order valence-corrected chi connectivity index (χ1v) is 10.1. The molecule has 0 spiro atoms. The van der Waals surface area contributed by atoms with E-state index in [1.54, 1.807) is 0 Å². The zero-order valence-corrected chi connectivity index (χ0v) is 18.1. The second-order valence-corrected chi connectivity index (χ2v) is 7.64. The van der Waals surface area contributed by atoms with Gasteiger partial charge in [0.2, 0.25) is 5.91 Å². The van der Waals surface area contributed by atoms with Crippen molar-refractivity contribution >= 4 is 23.5 Å². The average molecular weight is 511 g/mol. The second-order valence-electron chi connectivity index (χ2n) is 7.27. The number of carbonyl (C=O) groups is 2. The molecule has 2 aromatic rings. The highest BCUT2D eigenvalue weighted by molar-refractivity contribution is 6.31. The number of hydrogen-bond donors (Lipinski definition) is 2. The third kappa shape index (κ3) is 5.64. The van der Waals surface area contributed by atoms with Gasteiger partial charge in [0.25, 0.3) is 5.88 Å². The monoisotopic (exact) mass is 510 g/mol. The molecule has 2 N–H and O–H groups in total. The molecule has 2 heterocycles. The fraction of sp³-hybridized carbons (Fsp3) is 0.350. The summed E-state index contributed by atoms with van der Waals surface area (Å²) in [7, 11) is 0. The smallest absolute Gasteiger partial charge is 0.422 e. The van der Waals surface area contributed by atoms with Gasteiger partial charge in [0.1, 0.15) is 22.7 Å². The van der Waals surface area contributed by atoms with E-state index in [2.05, 4.69) is 20.4 Å². The van der Waals surface area contributed by atoms with Crippen molar-refractivity contribution in [1.82, 2.24) is 20.5 Å². The van der Waals surface area contributed by atoms with Crippen molar-refractivity contribution < 1.29 is 40.7 Å². The van der Waals surface area contributed by atoms with Crippen LogP contribution in [0.25, 0.3) is 0 Å². The molecule has 1 aromatic heterocycles. The Morgan fingerprint density at radius 1 is 1.32 bits per heavy atom. The summed E-state index contributed by atoms with van der Waals surface area (Å²) >= 11 is 5.64. The van der Waals surface area contributed by atoms with E-state index in [-0.39, 0.29) is 24.2 Å². The number of rotatable bonds is 5. The van der Waals surface area contributed by atoms with E-state index in [1.165, 1.54) is 6.92 Å². The van der Waals surface area contributed by atoms with Crippen molar-refractivity contribution in [3.8, 4) is 5.88 Å². The SMILES string of the molecule is C[C@@H]1C(=O)NCCN1C(=O)N[C@H](c1cnc(OCC(F)(F)F)c(F)c1)c1ccc(F)c(Cl)c1F. The Hall–Kier alpha value is -3.22. The van der Waals surface area contributed by atoms with Crippen LogP contribution in [0.15, 0.2) is 24.4 Å². The largest absolute Gasteiger partial charge is 0.466 e. The van der Waals surface area contributed by atoms with Gasteiger partial charge < -0.3 is 20.3 Å². The number of aromatic nitrogens is 1. The Labute approximate surface area is 194 Å². The lowest BCUT2D eigenvalue weighted by Gasteiger charge is -2.34. The molecule has 1 fully saturated rings. The van der Waals surface area contributed by atoms with Crippen LogP contribution < -0.4 is 15.4 Å². The summed E-state index contributed by atoms with van der Waals surface area (Å²) in [5.41, 5.74) is -0.583. The van der Waals surface area contributed by atoms with Crippen molar-refractivity contribution in [3.05, 3.63) is 58.0 Å². The Morgan fingerprint density at radius 2 is 2.03 bits per heavy atom. The van der Waals surface area contributed by atoms with Crippen LogP contribution in [0.2, 0.25) is 5.02 Å². The molecule has 2 atom stereocenters. The van der Waals surface area contributed by atoms with Crippen molar-refractivity contribution in [2.24, 2.45) is 0 Å². The van der Waals surface area contributed by atoms with Gasteiger partial charge in [0.15, 0.2) is 12.4 Å². The van der Waals surface area contributed by atoms with E-state index in [9.17, 15) is 35.9 Å². The molecule has 3 rings (SSSR count). The maximum absolute atomic E-state index is 14.8. The van der Waals surface area contributed by atoms with E-state index >= 15 is 0 Å². The number of piperazine rings is 1. The number of alkyl halides is 3. The maximum Gasteiger partial charge on any atom is 0.422 e. The van der Waals surface area contributed by atoms with Crippen LogP contribution in [-0.4, -0.2) is 53.7 Å². The lowest BCUT2D eigenvalue weighted by Crippen LogP contribution is -2.58. The van der Waals surface area contributed by atoms with E-state index in [4.69, 9.17) is 11.6 Å². The Bertz CT molecular complexity index is 1100. The molecule has 3 amide bonds. The first kappa shape index (κ1) is 25.4. The molecule has 0 saturated carbocycles. The fourth-order valence-corrected chi connectivity index (χ4v) is 3.40. The minimum atomic E-state index is -4.74. The van der Waals surface area contributed by atoms with Crippen LogP contribution in [0, 0.1) is 17.5 Å². The van der Waals surface area contributed by atoms with Crippen molar-refractivity contribution in [1.29, 1.82) is 0 Å². The predicted octanol–water partition coefficient (Wildman–Crippen LogP) is 3.71.